The lowest BCUT2D eigenvalue weighted by molar-refractivity contribution is 0.535. The Labute approximate surface area is 94.1 Å². The molecule has 0 radical (unpaired) electrons. The summed E-state index contributed by atoms with van der Waals surface area (Å²) in [5.74, 6) is 0.214. The molecule has 1 aromatic carbocycles. The number of benzene rings is 1. The number of hydrogen-bond acceptors (Lipinski definition) is 2. The van der Waals surface area contributed by atoms with Crippen LogP contribution in [0.25, 0.3) is 0 Å². The standard InChI is InChI=1S/C13H13FN2/c14-11-5-7-12(8-6-11)16-13-4-2-1-3-10(13)9-15-16/h1,3,5-10,13H,2,4H2/t10-,13+/m1/s1. The molecule has 0 aromatic heterocycles. The van der Waals surface area contributed by atoms with Crippen molar-refractivity contribution in [1.29, 1.82) is 0 Å². The Hall–Kier alpha value is -1.64. The fraction of sp³-hybridized carbons (Fsp3) is 0.308. The minimum atomic E-state index is -0.202. The number of fused-ring (bicyclic) bond motifs is 1. The van der Waals surface area contributed by atoms with Crippen LogP contribution < -0.4 is 5.01 Å². The van der Waals surface area contributed by atoms with Crippen molar-refractivity contribution in [3.63, 3.8) is 0 Å². The maximum Gasteiger partial charge on any atom is 0.123 e. The van der Waals surface area contributed by atoms with Gasteiger partial charge in [-0.15, -0.1) is 0 Å². The summed E-state index contributed by atoms with van der Waals surface area (Å²) in [6, 6.07) is 6.95. The molecule has 0 saturated carbocycles. The Morgan fingerprint density at radius 1 is 1.25 bits per heavy atom. The van der Waals surface area contributed by atoms with Crippen LogP contribution in [-0.4, -0.2) is 12.3 Å². The first kappa shape index (κ1) is 9.58. The van der Waals surface area contributed by atoms with E-state index in [0.717, 1.165) is 18.5 Å². The van der Waals surface area contributed by atoms with Crippen LogP contribution in [0.3, 0.4) is 0 Å². The molecular formula is C13H13FN2. The molecule has 0 N–H and O–H groups in total. The maximum atomic E-state index is 12.8. The molecule has 16 heavy (non-hydrogen) atoms. The second-order valence-electron chi connectivity index (χ2n) is 4.24. The summed E-state index contributed by atoms with van der Waals surface area (Å²) in [5.41, 5.74) is 0.973. The third-order valence-corrected chi connectivity index (χ3v) is 3.20. The van der Waals surface area contributed by atoms with Crippen LogP contribution in [0.1, 0.15) is 12.8 Å². The first-order valence-electron chi connectivity index (χ1n) is 5.60. The van der Waals surface area contributed by atoms with Gasteiger partial charge in [0, 0.05) is 12.1 Å². The number of hydrogen-bond donors (Lipinski definition) is 0. The van der Waals surface area contributed by atoms with Crippen molar-refractivity contribution in [3.05, 3.63) is 42.2 Å². The summed E-state index contributed by atoms with van der Waals surface area (Å²) in [5, 5.41) is 6.42. The maximum absolute atomic E-state index is 12.8. The first-order valence-corrected chi connectivity index (χ1v) is 5.60. The van der Waals surface area contributed by atoms with Crippen LogP contribution in [0.5, 0.6) is 0 Å². The Morgan fingerprint density at radius 2 is 2.06 bits per heavy atom. The molecule has 1 aliphatic heterocycles. The van der Waals surface area contributed by atoms with E-state index in [2.05, 4.69) is 17.3 Å². The normalized spacial score (nSPS) is 27.2. The van der Waals surface area contributed by atoms with Gasteiger partial charge in [-0.05, 0) is 37.1 Å². The van der Waals surface area contributed by atoms with E-state index in [4.69, 9.17) is 0 Å². The number of nitrogens with zero attached hydrogens (tertiary/aromatic N) is 2. The second kappa shape index (κ2) is 3.74. The van der Waals surface area contributed by atoms with Gasteiger partial charge in [-0.1, -0.05) is 12.2 Å². The van der Waals surface area contributed by atoms with Gasteiger partial charge in [-0.3, -0.25) is 5.01 Å². The summed E-state index contributed by atoms with van der Waals surface area (Å²) in [4.78, 5) is 0. The Kier molecular flexibility index (Phi) is 2.24. The molecular weight excluding hydrogens is 203 g/mol. The molecule has 0 fully saturated rings. The molecule has 3 heteroatoms. The summed E-state index contributed by atoms with van der Waals surface area (Å²) < 4.78 is 12.8. The third kappa shape index (κ3) is 1.52. The molecule has 1 heterocycles. The van der Waals surface area contributed by atoms with Crippen molar-refractivity contribution in [3.8, 4) is 0 Å². The van der Waals surface area contributed by atoms with Crippen LogP contribution in [0.4, 0.5) is 10.1 Å². The number of rotatable bonds is 1. The SMILES string of the molecule is Fc1ccc(N2N=C[C@H]3C=CCC[C@@H]32)cc1. The van der Waals surface area contributed by atoms with Gasteiger partial charge in [0.15, 0.2) is 0 Å². The average Bonchev–Trinajstić information content (AvgIpc) is 2.74. The fourth-order valence-electron chi connectivity index (χ4n) is 2.36. The van der Waals surface area contributed by atoms with E-state index in [-0.39, 0.29) is 5.82 Å². The van der Waals surface area contributed by atoms with E-state index in [1.807, 2.05) is 11.2 Å². The molecule has 0 spiro atoms. The lowest BCUT2D eigenvalue weighted by Crippen LogP contribution is -2.32. The van der Waals surface area contributed by atoms with Gasteiger partial charge >= 0.3 is 0 Å². The van der Waals surface area contributed by atoms with Crippen LogP contribution in [0.15, 0.2) is 41.5 Å². The Balaban J connectivity index is 1.88. The second-order valence-corrected chi connectivity index (χ2v) is 4.24. The quantitative estimate of drug-likeness (QED) is 0.659. The van der Waals surface area contributed by atoms with Gasteiger partial charge in [-0.25, -0.2) is 4.39 Å². The highest BCUT2D eigenvalue weighted by Crippen LogP contribution is 2.31. The molecule has 0 saturated heterocycles. The van der Waals surface area contributed by atoms with Crippen molar-refractivity contribution in [1.82, 2.24) is 0 Å². The van der Waals surface area contributed by atoms with Crippen LogP contribution in [0, 0.1) is 11.7 Å². The van der Waals surface area contributed by atoms with Gasteiger partial charge in [0.2, 0.25) is 0 Å². The predicted octanol–water partition coefficient (Wildman–Crippen LogP) is 2.97. The molecule has 2 atom stereocenters. The minimum absolute atomic E-state index is 0.202. The average molecular weight is 216 g/mol. The molecule has 2 nitrogen and oxygen atoms in total. The highest BCUT2D eigenvalue weighted by Gasteiger charge is 2.31. The summed E-state index contributed by atoms with van der Waals surface area (Å²) in [6.07, 6.45) is 8.60. The van der Waals surface area contributed by atoms with Crippen LogP contribution in [-0.2, 0) is 0 Å². The summed E-state index contributed by atoms with van der Waals surface area (Å²) >= 11 is 0. The van der Waals surface area contributed by atoms with E-state index >= 15 is 0 Å². The van der Waals surface area contributed by atoms with E-state index in [0.29, 0.717) is 12.0 Å². The van der Waals surface area contributed by atoms with Gasteiger partial charge in [-0.2, -0.15) is 5.10 Å². The third-order valence-electron chi connectivity index (χ3n) is 3.20. The highest BCUT2D eigenvalue weighted by molar-refractivity contribution is 5.72. The van der Waals surface area contributed by atoms with Crippen molar-refractivity contribution >= 4 is 11.9 Å². The lowest BCUT2D eigenvalue weighted by atomic mass is 9.91. The molecule has 1 aromatic rings. The van der Waals surface area contributed by atoms with E-state index < -0.39 is 0 Å². The minimum Gasteiger partial charge on any atom is -0.262 e. The van der Waals surface area contributed by atoms with E-state index in [1.165, 1.54) is 12.1 Å². The Morgan fingerprint density at radius 3 is 2.88 bits per heavy atom. The monoisotopic (exact) mass is 216 g/mol. The topological polar surface area (TPSA) is 15.6 Å². The van der Waals surface area contributed by atoms with Crippen molar-refractivity contribution in [2.45, 2.75) is 18.9 Å². The molecule has 0 unspecified atom stereocenters. The highest BCUT2D eigenvalue weighted by atomic mass is 19.1. The molecule has 0 bridgehead atoms. The predicted molar refractivity (Wildman–Crippen MR) is 63.0 cm³/mol. The number of halogens is 1. The van der Waals surface area contributed by atoms with Gasteiger partial charge in [0.05, 0.1) is 11.7 Å². The number of anilines is 1. The van der Waals surface area contributed by atoms with E-state index in [9.17, 15) is 4.39 Å². The van der Waals surface area contributed by atoms with Gasteiger partial charge < -0.3 is 0 Å². The molecule has 2 aliphatic rings. The van der Waals surface area contributed by atoms with Gasteiger partial charge in [0.1, 0.15) is 5.82 Å². The summed E-state index contributed by atoms with van der Waals surface area (Å²) in [7, 11) is 0. The fourth-order valence-corrected chi connectivity index (χ4v) is 2.36. The molecule has 82 valence electrons. The largest absolute Gasteiger partial charge is 0.262 e. The lowest BCUT2D eigenvalue weighted by Gasteiger charge is -2.28. The summed E-state index contributed by atoms with van der Waals surface area (Å²) in [6.45, 7) is 0. The van der Waals surface area contributed by atoms with Gasteiger partial charge in [0.25, 0.3) is 0 Å². The number of hydrazone groups is 1. The Bertz CT molecular complexity index is 436. The van der Waals surface area contributed by atoms with Crippen LogP contribution >= 0.6 is 0 Å². The van der Waals surface area contributed by atoms with Crippen LogP contribution in [0.2, 0.25) is 0 Å². The molecule has 1 aliphatic carbocycles. The number of allylic oxidation sites excluding steroid dienone is 1. The zero-order valence-electron chi connectivity index (χ0n) is 8.88. The smallest absolute Gasteiger partial charge is 0.123 e. The van der Waals surface area contributed by atoms with Crippen molar-refractivity contribution in [2.24, 2.45) is 11.0 Å². The molecule has 0 amide bonds. The first-order chi connectivity index (χ1) is 7.84. The van der Waals surface area contributed by atoms with Crippen molar-refractivity contribution < 1.29 is 4.39 Å². The van der Waals surface area contributed by atoms with Crippen molar-refractivity contribution in [2.75, 3.05) is 5.01 Å². The zero-order valence-corrected chi connectivity index (χ0v) is 8.88. The molecule has 3 rings (SSSR count). The van der Waals surface area contributed by atoms with E-state index in [1.54, 1.807) is 12.1 Å². The zero-order chi connectivity index (χ0) is 11.0.